The van der Waals surface area contributed by atoms with E-state index in [-0.39, 0.29) is 5.56 Å². The van der Waals surface area contributed by atoms with Crippen molar-refractivity contribution in [1.29, 1.82) is 0 Å². The van der Waals surface area contributed by atoms with Crippen LogP contribution in [0.2, 0.25) is 0 Å². The van der Waals surface area contributed by atoms with Gasteiger partial charge in [-0.1, -0.05) is 0 Å². The molecule has 0 aliphatic rings. The maximum Gasteiger partial charge on any atom is 0.275 e. The van der Waals surface area contributed by atoms with Gasteiger partial charge in [0.2, 0.25) is 0 Å². The minimum atomic E-state index is -0.150. The third-order valence-corrected chi connectivity index (χ3v) is 1.52. The Labute approximate surface area is 61.7 Å². The summed E-state index contributed by atoms with van der Waals surface area (Å²) in [4.78, 5) is 18.7. The Bertz CT molecular complexity index is 441. The molecule has 11 heavy (non-hydrogen) atoms. The van der Waals surface area contributed by atoms with Gasteiger partial charge in [-0.3, -0.25) is 14.6 Å². The molecule has 2 rings (SSSR count). The lowest BCUT2D eigenvalue weighted by atomic mass is 10.4. The molecular formula is C6H6N4O. The molecule has 0 aliphatic heterocycles. The standard InChI is InChI=1S/C6H6N4O/c1-10-5-4(6(11)9-10)2-7-3-8-5/h2-3H,1H3,(H,9,11). The number of aromatic nitrogens is 4. The smallest absolute Gasteiger partial charge is 0.270 e. The molecule has 5 heteroatoms. The zero-order valence-corrected chi connectivity index (χ0v) is 5.90. The third kappa shape index (κ3) is 0.739. The number of fused-ring (bicyclic) bond motifs is 1. The molecule has 0 bridgehead atoms. The van der Waals surface area contributed by atoms with Crippen LogP contribution in [0.15, 0.2) is 17.3 Å². The SMILES string of the molecule is Cn1[nH]c(=O)c2cncnc21. The van der Waals surface area contributed by atoms with Crippen molar-refractivity contribution in [1.82, 2.24) is 19.7 Å². The Hall–Kier alpha value is -1.65. The molecular weight excluding hydrogens is 144 g/mol. The molecule has 0 aromatic carbocycles. The fraction of sp³-hybridized carbons (Fsp3) is 0.167. The van der Waals surface area contributed by atoms with E-state index in [2.05, 4.69) is 15.1 Å². The van der Waals surface area contributed by atoms with E-state index in [1.165, 1.54) is 12.5 Å². The van der Waals surface area contributed by atoms with Crippen molar-refractivity contribution in [2.45, 2.75) is 0 Å². The first-order chi connectivity index (χ1) is 5.29. The van der Waals surface area contributed by atoms with Crippen LogP contribution in [0, 0.1) is 0 Å². The second-order valence-electron chi connectivity index (χ2n) is 2.26. The van der Waals surface area contributed by atoms with Crippen LogP contribution < -0.4 is 5.56 Å². The zero-order valence-electron chi connectivity index (χ0n) is 5.90. The number of rotatable bonds is 0. The Balaban J connectivity index is 3.07. The fourth-order valence-electron chi connectivity index (χ4n) is 1.02. The lowest BCUT2D eigenvalue weighted by Crippen LogP contribution is -2.01. The summed E-state index contributed by atoms with van der Waals surface area (Å²) in [5, 5.41) is 3.10. The second kappa shape index (κ2) is 1.91. The maximum atomic E-state index is 11.0. The Morgan fingerprint density at radius 3 is 3.18 bits per heavy atom. The molecule has 0 radical (unpaired) electrons. The number of nitrogens with one attached hydrogen (secondary N) is 1. The van der Waals surface area contributed by atoms with E-state index in [9.17, 15) is 4.79 Å². The van der Waals surface area contributed by atoms with Crippen LogP contribution >= 0.6 is 0 Å². The van der Waals surface area contributed by atoms with Crippen LogP contribution in [0.4, 0.5) is 0 Å². The van der Waals surface area contributed by atoms with Gasteiger partial charge in [0.05, 0.1) is 0 Å². The molecule has 0 atom stereocenters. The average Bonchev–Trinajstić information content (AvgIpc) is 2.30. The van der Waals surface area contributed by atoms with Crippen molar-refractivity contribution in [2.24, 2.45) is 7.05 Å². The molecule has 2 aromatic rings. The van der Waals surface area contributed by atoms with Gasteiger partial charge in [0.1, 0.15) is 11.7 Å². The van der Waals surface area contributed by atoms with E-state index < -0.39 is 0 Å². The summed E-state index contributed by atoms with van der Waals surface area (Å²) in [5.74, 6) is 0. The summed E-state index contributed by atoms with van der Waals surface area (Å²) in [6.45, 7) is 0. The van der Waals surface area contributed by atoms with Gasteiger partial charge < -0.3 is 0 Å². The molecule has 56 valence electrons. The number of hydrogen-bond acceptors (Lipinski definition) is 3. The number of aryl methyl sites for hydroxylation is 1. The summed E-state index contributed by atoms with van der Waals surface area (Å²) in [5.41, 5.74) is 0.480. The van der Waals surface area contributed by atoms with E-state index in [4.69, 9.17) is 0 Å². The van der Waals surface area contributed by atoms with Gasteiger partial charge in [-0.2, -0.15) is 0 Å². The molecule has 0 saturated heterocycles. The fourth-order valence-corrected chi connectivity index (χ4v) is 1.02. The van der Waals surface area contributed by atoms with Crippen LogP contribution in [-0.4, -0.2) is 19.7 Å². The van der Waals surface area contributed by atoms with Gasteiger partial charge in [0, 0.05) is 13.2 Å². The first-order valence-electron chi connectivity index (χ1n) is 3.14. The number of hydrogen-bond donors (Lipinski definition) is 1. The predicted octanol–water partition coefficient (Wildman–Crippen LogP) is -0.343. The van der Waals surface area contributed by atoms with E-state index >= 15 is 0 Å². The summed E-state index contributed by atoms with van der Waals surface area (Å²) >= 11 is 0. The van der Waals surface area contributed by atoms with E-state index in [0.717, 1.165) is 0 Å². The van der Waals surface area contributed by atoms with Crippen molar-refractivity contribution in [3.05, 3.63) is 22.9 Å². The molecule has 0 unspecified atom stereocenters. The Morgan fingerprint density at radius 1 is 1.64 bits per heavy atom. The highest BCUT2D eigenvalue weighted by Crippen LogP contribution is 1.99. The summed E-state index contributed by atoms with van der Waals surface area (Å²) in [7, 11) is 1.73. The molecule has 5 nitrogen and oxygen atoms in total. The second-order valence-corrected chi connectivity index (χ2v) is 2.26. The Kier molecular flexibility index (Phi) is 1.06. The van der Waals surface area contributed by atoms with Crippen LogP contribution in [0.25, 0.3) is 11.0 Å². The quantitative estimate of drug-likeness (QED) is 0.558. The van der Waals surface area contributed by atoms with Crippen molar-refractivity contribution < 1.29 is 0 Å². The summed E-state index contributed by atoms with van der Waals surface area (Å²) in [6, 6.07) is 0. The molecule has 2 aromatic heterocycles. The van der Waals surface area contributed by atoms with Gasteiger partial charge >= 0.3 is 0 Å². The highest BCUT2D eigenvalue weighted by molar-refractivity contribution is 5.72. The third-order valence-electron chi connectivity index (χ3n) is 1.52. The molecule has 2 heterocycles. The van der Waals surface area contributed by atoms with Crippen molar-refractivity contribution >= 4 is 11.0 Å². The largest absolute Gasteiger partial charge is 0.275 e. The highest BCUT2D eigenvalue weighted by atomic mass is 16.1. The van der Waals surface area contributed by atoms with Gasteiger partial charge in [0.15, 0.2) is 5.65 Å². The van der Waals surface area contributed by atoms with Gasteiger partial charge in [0.25, 0.3) is 5.56 Å². The average molecular weight is 150 g/mol. The zero-order chi connectivity index (χ0) is 7.84. The summed E-state index contributed by atoms with van der Waals surface area (Å²) in [6.07, 6.45) is 2.91. The highest BCUT2D eigenvalue weighted by Gasteiger charge is 2.02. The minimum absolute atomic E-state index is 0.150. The molecule has 0 amide bonds. The van der Waals surface area contributed by atoms with E-state index in [1.54, 1.807) is 11.7 Å². The minimum Gasteiger partial charge on any atom is -0.270 e. The number of nitrogens with zero attached hydrogens (tertiary/aromatic N) is 3. The lowest BCUT2D eigenvalue weighted by molar-refractivity contribution is 0.773. The number of aromatic amines is 1. The Morgan fingerprint density at radius 2 is 2.45 bits per heavy atom. The predicted molar refractivity (Wildman–Crippen MR) is 39.1 cm³/mol. The van der Waals surface area contributed by atoms with Crippen molar-refractivity contribution in [3.8, 4) is 0 Å². The molecule has 0 saturated carbocycles. The van der Waals surface area contributed by atoms with Crippen molar-refractivity contribution in [2.75, 3.05) is 0 Å². The van der Waals surface area contributed by atoms with Gasteiger partial charge in [-0.15, -0.1) is 0 Å². The van der Waals surface area contributed by atoms with E-state index in [0.29, 0.717) is 11.0 Å². The molecule has 1 N–H and O–H groups in total. The van der Waals surface area contributed by atoms with Crippen molar-refractivity contribution in [3.63, 3.8) is 0 Å². The van der Waals surface area contributed by atoms with Crippen LogP contribution in [0.5, 0.6) is 0 Å². The molecule has 0 spiro atoms. The maximum absolute atomic E-state index is 11.0. The van der Waals surface area contributed by atoms with Gasteiger partial charge in [-0.05, 0) is 0 Å². The van der Waals surface area contributed by atoms with Crippen LogP contribution in [0.3, 0.4) is 0 Å². The lowest BCUT2D eigenvalue weighted by Gasteiger charge is -1.89. The monoisotopic (exact) mass is 150 g/mol. The van der Waals surface area contributed by atoms with Crippen LogP contribution in [-0.2, 0) is 7.05 Å². The van der Waals surface area contributed by atoms with E-state index in [1.807, 2.05) is 0 Å². The molecule has 0 fully saturated rings. The number of H-pyrrole nitrogens is 1. The first-order valence-corrected chi connectivity index (χ1v) is 3.14. The summed E-state index contributed by atoms with van der Waals surface area (Å²) < 4.78 is 1.57. The van der Waals surface area contributed by atoms with Crippen LogP contribution in [0.1, 0.15) is 0 Å². The first kappa shape index (κ1) is 6.09. The molecule has 0 aliphatic carbocycles. The van der Waals surface area contributed by atoms with Gasteiger partial charge in [-0.25, -0.2) is 9.97 Å². The normalized spacial score (nSPS) is 10.6. The topological polar surface area (TPSA) is 63.6 Å².